The van der Waals surface area contributed by atoms with Crippen molar-refractivity contribution >= 4 is 0 Å². The highest BCUT2D eigenvalue weighted by Gasteiger charge is 2.32. The van der Waals surface area contributed by atoms with Crippen LogP contribution in [0.1, 0.15) is 31.0 Å². The van der Waals surface area contributed by atoms with Gasteiger partial charge in [0, 0.05) is 24.6 Å². The molecular weight excluding hydrogens is 188 g/mol. The molecule has 0 bridgehead atoms. The Labute approximate surface area is 90.4 Å². The molecule has 1 aliphatic heterocycles. The maximum atomic E-state index is 5.95. The third-order valence-corrected chi connectivity index (χ3v) is 2.77. The summed E-state index contributed by atoms with van der Waals surface area (Å²) < 4.78 is 5.91. The summed E-state index contributed by atoms with van der Waals surface area (Å²) >= 11 is 0. The van der Waals surface area contributed by atoms with Gasteiger partial charge in [0.25, 0.3) is 0 Å². The maximum Gasteiger partial charge on any atom is 0.128 e. The van der Waals surface area contributed by atoms with Crippen LogP contribution < -0.4 is 16.2 Å². The van der Waals surface area contributed by atoms with E-state index in [4.69, 9.17) is 16.2 Å². The molecule has 0 amide bonds. The SMILES string of the molecule is CC1(C)Cc2cccc(C(N)CN)c2O1. The largest absolute Gasteiger partial charge is 0.487 e. The van der Waals surface area contributed by atoms with Crippen molar-refractivity contribution in [1.82, 2.24) is 0 Å². The van der Waals surface area contributed by atoms with Crippen molar-refractivity contribution in [1.29, 1.82) is 0 Å². The Morgan fingerprint density at radius 2 is 2.20 bits per heavy atom. The summed E-state index contributed by atoms with van der Waals surface area (Å²) in [6, 6.07) is 5.98. The fraction of sp³-hybridized carbons (Fsp3) is 0.500. The second-order valence-corrected chi connectivity index (χ2v) is 4.72. The molecule has 1 aromatic rings. The Bertz CT molecular complexity index is 374. The first-order chi connectivity index (χ1) is 7.03. The highest BCUT2D eigenvalue weighted by Crippen LogP contribution is 2.39. The van der Waals surface area contributed by atoms with Gasteiger partial charge in [0.15, 0.2) is 0 Å². The van der Waals surface area contributed by atoms with Gasteiger partial charge in [-0.3, -0.25) is 0 Å². The van der Waals surface area contributed by atoms with Crippen LogP contribution in [0.3, 0.4) is 0 Å². The van der Waals surface area contributed by atoms with E-state index in [1.807, 2.05) is 12.1 Å². The van der Waals surface area contributed by atoms with E-state index in [0.717, 1.165) is 17.7 Å². The molecule has 0 spiro atoms. The lowest BCUT2D eigenvalue weighted by molar-refractivity contribution is 0.137. The van der Waals surface area contributed by atoms with Crippen LogP contribution in [0, 0.1) is 0 Å². The first-order valence-electron chi connectivity index (χ1n) is 5.30. The summed E-state index contributed by atoms with van der Waals surface area (Å²) in [6.45, 7) is 4.62. The van der Waals surface area contributed by atoms with Gasteiger partial charge in [-0.15, -0.1) is 0 Å². The summed E-state index contributed by atoms with van der Waals surface area (Å²) in [5.41, 5.74) is 13.7. The lowest BCUT2D eigenvalue weighted by Crippen LogP contribution is -2.26. The number of hydrogen-bond acceptors (Lipinski definition) is 3. The molecule has 1 unspecified atom stereocenters. The molecule has 0 saturated heterocycles. The highest BCUT2D eigenvalue weighted by molar-refractivity contribution is 5.47. The molecule has 1 heterocycles. The van der Waals surface area contributed by atoms with Crippen LogP contribution in [0.5, 0.6) is 5.75 Å². The van der Waals surface area contributed by atoms with Crippen LogP contribution in [0.4, 0.5) is 0 Å². The Hall–Kier alpha value is -1.06. The van der Waals surface area contributed by atoms with Crippen LogP contribution in [0.15, 0.2) is 18.2 Å². The van der Waals surface area contributed by atoms with Gasteiger partial charge in [-0.2, -0.15) is 0 Å². The summed E-state index contributed by atoms with van der Waals surface area (Å²) in [6.07, 6.45) is 0.938. The topological polar surface area (TPSA) is 61.3 Å². The summed E-state index contributed by atoms with van der Waals surface area (Å²) in [4.78, 5) is 0. The first-order valence-corrected chi connectivity index (χ1v) is 5.30. The van der Waals surface area contributed by atoms with Gasteiger partial charge in [0.05, 0.1) is 0 Å². The average Bonchev–Trinajstić information content (AvgIpc) is 2.49. The zero-order valence-electron chi connectivity index (χ0n) is 9.29. The summed E-state index contributed by atoms with van der Waals surface area (Å²) in [5, 5.41) is 0. The number of rotatable bonds is 2. The van der Waals surface area contributed by atoms with E-state index < -0.39 is 0 Å². The molecule has 15 heavy (non-hydrogen) atoms. The van der Waals surface area contributed by atoms with E-state index in [1.165, 1.54) is 5.56 Å². The Morgan fingerprint density at radius 1 is 1.47 bits per heavy atom. The molecule has 1 atom stereocenters. The molecule has 0 aliphatic carbocycles. The van der Waals surface area contributed by atoms with E-state index in [9.17, 15) is 0 Å². The molecule has 0 aromatic heterocycles. The second-order valence-electron chi connectivity index (χ2n) is 4.72. The van der Waals surface area contributed by atoms with Gasteiger partial charge in [0.1, 0.15) is 11.4 Å². The predicted molar refractivity (Wildman–Crippen MR) is 60.8 cm³/mol. The Balaban J connectivity index is 2.41. The molecule has 1 aromatic carbocycles. The summed E-state index contributed by atoms with van der Waals surface area (Å²) in [5.74, 6) is 0.945. The van der Waals surface area contributed by atoms with Crippen molar-refractivity contribution in [2.45, 2.75) is 31.9 Å². The Morgan fingerprint density at radius 3 is 2.87 bits per heavy atom. The fourth-order valence-corrected chi connectivity index (χ4v) is 2.06. The number of fused-ring (bicyclic) bond motifs is 1. The van der Waals surface area contributed by atoms with Gasteiger partial charge in [-0.05, 0) is 19.4 Å². The van der Waals surface area contributed by atoms with E-state index >= 15 is 0 Å². The van der Waals surface area contributed by atoms with Crippen molar-refractivity contribution in [3.05, 3.63) is 29.3 Å². The van der Waals surface area contributed by atoms with E-state index in [0.29, 0.717) is 6.54 Å². The van der Waals surface area contributed by atoms with Gasteiger partial charge in [-0.25, -0.2) is 0 Å². The lowest BCUT2D eigenvalue weighted by Gasteiger charge is -2.19. The first kappa shape index (κ1) is 10.5. The monoisotopic (exact) mass is 206 g/mol. The molecular formula is C12H18N2O. The number of benzene rings is 1. The van der Waals surface area contributed by atoms with E-state index in [2.05, 4.69) is 19.9 Å². The van der Waals surface area contributed by atoms with Crippen LogP contribution in [-0.4, -0.2) is 12.1 Å². The van der Waals surface area contributed by atoms with Crippen molar-refractivity contribution in [2.24, 2.45) is 11.5 Å². The minimum Gasteiger partial charge on any atom is -0.487 e. The van der Waals surface area contributed by atoms with Crippen molar-refractivity contribution in [3.63, 3.8) is 0 Å². The van der Waals surface area contributed by atoms with Crippen LogP contribution in [-0.2, 0) is 6.42 Å². The highest BCUT2D eigenvalue weighted by atomic mass is 16.5. The predicted octanol–water partition coefficient (Wildman–Crippen LogP) is 1.36. The van der Waals surface area contributed by atoms with Gasteiger partial charge >= 0.3 is 0 Å². The van der Waals surface area contributed by atoms with Crippen LogP contribution >= 0.6 is 0 Å². The van der Waals surface area contributed by atoms with E-state index in [1.54, 1.807) is 0 Å². The molecule has 0 saturated carbocycles. The second kappa shape index (κ2) is 3.51. The number of para-hydroxylation sites is 1. The zero-order chi connectivity index (χ0) is 11.1. The third-order valence-electron chi connectivity index (χ3n) is 2.77. The minimum absolute atomic E-state index is 0.118. The average molecular weight is 206 g/mol. The number of nitrogens with two attached hydrogens (primary N) is 2. The number of hydrogen-bond donors (Lipinski definition) is 2. The summed E-state index contributed by atoms with van der Waals surface area (Å²) in [7, 11) is 0. The third kappa shape index (κ3) is 1.85. The maximum absolute atomic E-state index is 5.95. The normalized spacial score (nSPS) is 19.5. The van der Waals surface area contributed by atoms with Crippen LogP contribution in [0.2, 0.25) is 0 Å². The van der Waals surface area contributed by atoms with Gasteiger partial charge in [-0.1, -0.05) is 18.2 Å². The van der Waals surface area contributed by atoms with Crippen molar-refractivity contribution < 1.29 is 4.74 Å². The molecule has 2 rings (SSSR count). The van der Waals surface area contributed by atoms with Crippen LogP contribution in [0.25, 0.3) is 0 Å². The smallest absolute Gasteiger partial charge is 0.128 e. The van der Waals surface area contributed by atoms with E-state index in [-0.39, 0.29) is 11.6 Å². The minimum atomic E-state index is -0.131. The zero-order valence-corrected chi connectivity index (χ0v) is 9.29. The lowest BCUT2D eigenvalue weighted by atomic mass is 9.98. The van der Waals surface area contributed by atoms with Crippen molar-refractivity contribution in [3.8, 4) is 5.75 Å². The molecule has 1 aliphatic rings. The molecule has 3 nitrogen and oxygen atoms in total. The molecule has 0 radical (unpaired) electrons. The molecule has 0 fully saturated rings. The number of ether oxygens (including phenoxy) is 1. The molecule has 82 valence electrons. The van der Waals surface area contributed by atoms with Gasteiger partial charge in [0.2, 0.25) is 0 Å². The van der Waals surface area contributed by atoms with Gasteiger partial charge < -0.3 is 16.2 Å². The quantitative estimate of drug-likeness (QED) is 0.768. The molecule has 3 heteroatoms. The van der Waals surface area contributed by atoms with Crippen molar-refractivity contribution in [2.75, 3.05) is 6.54 Å². The standard InChI is InChI=1S/C12H18N2O/c1-12(2)6-8-4-3-5-9(10(14)7-13)11(8)15-12/h3-5,10H,6-7,13-14H2,1-2H3. The fourth-order valence-electron chi connectivity index (χ4n) is 2.06. The Kier molecular flexibility index (Phi) is 2.44. The molecule has 4 N–H and O–H groups in total.